The predicted molar refractivity (Wildman–Crippen MR) is 130 cm³/mol. The van der Waals surface area contributed by atoms with Crippen LogP contribution >= 0.6 is 0 Å². The van der Waals surface area contributed by atoms with Crippen molar-refractivity contribution in [3.8, 4) is 11.5 Å². The molecule has 1 N–H and O–H groups in total. The van der Waals surface area contributed by atoms with Crippen LogP contribution in [0.5, 0.6) is 11.5 Å². The van der Waals surface area contributed by atoms with Crippen LogP contribution in [0, 0.1) is 0 Å². The van der Waals surface area contributed by atoms with Crippen molar-refractivity contribution in [2.75, 3.05) is 0 Å². The Morgan fingerprint density at radius 2 is 1.29 bits per heavy atom. The van der Waals surface area contributed by atoms with E-state index in [4.69, 9.17) is 9.47 Å². The number of ether oxygens (including phenoxy) is 2. The molecule has 0 bridgehead atoms. The molecule has 0 amide bonds. The van der Waals surface area contributed by atoms with Crippen LogP contribution in [0.3, 0.4) is 0 Å². The topological polar surface area (TPSA) is 68.4 Å². The third kappa shape index (κ3) is 4.45. The molecule has 0 aliphatic carbocycles. The molecule has 0 saturated heterocycles. The zero-order valence-corrected chi connectivity index (χ0v) is 18.2. The molecule has 0 spiro atoms. The fourth-order valence-electron chi connectivity index (χ4n) is 3.78. The maximum atomic E-state index is 13.5. The highest BCUT2D eigenvalue weighted by Crippen LogP contribution is 2.28. The van der Waals surface area contributed by atoms with Crippen LogP contribution < -0.4 is 4.74 Å². The van der Waals surface area contributed by atoms with Gasteiger partial charge in [-0.05, 0) is 42.5 Å². The van der Waals surface area contributed by atoms with Gasteiger partial charge >= 0.3 is 5.97 Å². The number of para-hydroxylation sites is 2. The summed E-state index contributed by atoms with van der Waals surface area (Å²) in [5, 5.41) is 0.784. The quantitative estimate of drug-likeness (QED) is 0.222. The first kappa shape index (κ1) is 21.2. The summed E-state index contributed by atoms with van der Waals surface area (Å²) >= 11 is 0. The van der Waals surface area contributed by atoms with Gasteiger partial charge in [0, 0.05) is 28.2 Å². The standard InChI is InChI=1S/C29H21NO4/c31-27(25-19-30-26-14-8-7-13-24(25)26)28(20-9-3-1-4-10-20)34-29(32)21-15-17-23(18-16-21)33-22-11-5-2-6-12-22/h1-19,28,30H. The lowest BCUT2D eigenvalue weighted by molar-refractivity contribution is 0.0280. The van der Waals surface area contributed by atoms with E-state index in [0.717, 1.165) is 10.9 Å². The smallest absolute Gasteiger partial charge is 0.339 e. The first-order valence-corrected chi connectivity index (χ1v) is 10.9. The molecule has 166 valence electrons. The Hall–Kier alpha value is -4.64. The van der Waals surface area contributed by atoms with Gasteiger partial charge in [-0.1, -0.05) is 66.7 Å². The second-order valence-corrected chi connectivity index (χ2v) is 7.75. The number of Topliss-reactive ketones (excluding diaryl/α,β-unsaturated/α-hetero) is 1. The molecule has 0 fully saturated rings. The molecule has 0 radical (unpaired) electrons. The number of nitrogens with one attached hydrogen (secondary N) is 1. The summed E-state index contributed by atoms with van der Waals surface area (Å²) in [6, 6.07) is 32.6. The fraction of sp³-hybridized carbons (Fsp3) is 0.0345. The second kappa shape index (κ2) is 9.46. The zero-order chi connectivity index (χ0) is 23.3. The van der Waals surface area contributed by atoms with Crippen molar-refractivity contribution < 1.29 is 19.1 Å². The van der Waals surface area contributed by atoms with Gasteiger partial charge < -0.3 is 14.5 Å². The highest BCUT2D eigenvalue weighted by Gasteiger charge is 2.28. The maximum Gasteiger partial charge on any atom is 0.339 e. The number of benzene rings is 4. The Morgan fingerprint density at radius 3 is 2.03 bits per heavy atom. The monoisotopic (exact) mass is 447 g/mol. The van der Waals surface area contributed by atoms with E-state index in [9.17, 15) is 9.59 Å². The highest BCUT2D eigenvalue weighted by molar-refractivity contribution is 6.11. The number of aromatic nitrogens is 1. The van der Waals surface area contributed by atoms with Gasteiger partial charge in [-0.3, -0.25) is 4.79 Å². The van der Waals surface area contributed by atoms with Gasteiger partial charge in [-0.2, -0.15) is 0 Å². The van der Waals surface area contributed by atoms with Crippen LogP contribution in [0.2, 0.25) is 0 Å². The third-order valence-electron chi connectivity index (χ3n) is 5.49. The average Bonchev–Trinajstić information content (AvgIpc) is 3.33. The second-order valence-electron chi connectivity index (χ2n) is 7.75. The zero-order valence-electron chi connectivity index (χ0n) is 18.2. The number of carbonyl (C=O) groups is 2. The predicted octanol–water partition coefficient (Wildman–Crippen LogP) is 6.74. The van der Waals surface area contributed by atoms with E-state index in [0.29, 0.717) is 28.2 Å². The molecular formula is C29H21NO4. The Bertz CT molecular complexity index is 1420. The molecule has 0 saturated carbocycles. The van der Waals surface area contributed by atoms with Gasteiger partial charge in [0.2, 0.25) is 5.78 Å². The summed E-state index contributed by atoms with van der Waals surface area (Å²) < 4.78 is 11.6. The number of ketones is 1. The van der Waals surface area contributed by atoms with Crippen LogP contribution in [0.1, 0.15) is 32.4 Å². The third-order valence-corrected chi connectivity index (χ3v) is 5.49. The molecule has 1 heterocycles. The minimum Gasteiger partial charge on any atom is -0.457 e. The highest BCUT2D eigenvalue weighted by atomic mass is 16.5. The number of fused-ring (bicyclic) bond motifs is 1. The summed E-state index contributed by atoms with van der Waals surface area (Å²) in [6.07, 6.45) is 0.583. The van der Waals surface area contributed by atoms with Crippen molar-refractivity contribution in [2.45, 2.75) is 6.10 Å². The number of rotatable bonds is 7. The van der Waals surface area contributed by atoms with Crippen LogP contribution in [-0.2, 0) is 4.74 Å². The van der Waals surface area contributed by atoms with E-state index in [1.807, 2.05) is 72.8 Å². The minimum absolute atomic E-state index is 0.291. The van der Waals surface area contributed by atoms with Gasteiger partial charge in [0.15, 0.2) is 6.10 Å². The fourth-order valence-corrected chi connectivity index (χ4v) is 3.78. The molecule has 5 nitrogen and oxygen atoms in total. The van der Waals surface area contributed by atoms with E-state index in [1.165, 1.54) is 0 Å². The average molecular weight is 447 g/mol. The van der Waals surface area contributed by atoms with Crippen molar-refractivity contribution >= 4 is 22.7 Å². The minimum atomic E-state index is -1.08. The Balaban J connectivity index is 1.39. The number of hydrogen-bond acceptors (Lipinski definition) is 4. The van der Waals surface area contributed by atoms with Gasteiger partial charge in [0.05, 0.1) is 5.56 Å². The molecule has 34 heavy (non-hydrogen) atoms. The summed E-state index contributed by atoms with van der Waals surface area (Å²) in [5.41, 5.74) is 2.25. The Kier molecular flexibility index (Phi) is 5.91. The van der Waals surface area contributed by atoms with Crippen LogP contribution in [0.25, 0.3) is 10.9 Å². The Labute approximate surface area is 196 Å². The first-order chi connectivity index (χ1) is 16.7. The van der Waals surface area contributed by atoms with Crippen molar-refractivity contribution in [1.29, 1.82) is 0 Å². The van der Waals surface area contributed by atoms with E-state index < -0.39 is 12.1 Å². The molecule has 1 unspecified atom stereocenters. The molecule has 4 aromatic carbocycles. The molecule has 5 rings (SSSR count). The molecule has 5 aromatic rings. The summed E-state index contributed by atoms with van der Waals surface area (Å²) in [7, 11) is 0. The summed E-state index contributed by atoms with van der Waals surface area (Å²) in [4.78, 5) is 29.7. The molecule has 1 aromatic heterocycles. The van der Waals surface area contributed by atoms with Gasteiger partial charge in [0.25, 0.3) is 0 Å². The van der Waals surface area contributed by atoms with E-state index in [1.54, 1.807) is 42.6 Å². The SMILES string of the molecule is O=C(OC(C(=O)c1c[nH]c2ccccc12)c1ccccc1)c1ccc(Oc2ccccc2)cc1. The summed E-state index contributed by atoms with van der Waals surface area (Å²) in [5.74, 6) is 0.415. The number of hydrogen-bond donors (Lipinski definition) is 1. The normalized spacial score (nSPS) is 11.6. The van der Waals surface area contributed by atoms with E-state index in [2.05, 4.69) is 4.98 Å². The van der Waals surface area contributed by atoms with Crippen LogP contribution in [0.4, 0.5) is 0 Å². The first-order valence-electron chi connectivity index (χ1n) is 10.9. The van der Waals surface area contributed by atoms with Crippen molar-refractivity contribution in [2.24, 2.45) is 0 Å². The van der Waals surface area contributed by atoms with Gasteiger partial charge in [-0.25, -0.2) is 4.79 Å². The number of esters is 1. The molecule has 1 atom stereocenters. The van der Waals surface area contributed by atoms with Gasteiger partial charge in [-0.15, -0.1) is 0 Å². The molecule has 0 aliphatic rings. The molecule has 0 aliphatic heterocycles. The van der Waals surface area contributed by atoms with E-state index >= 15 is 0 Å². The van der Waals surface area contributed by atoms with Crippen molar-refractivity contribution in [3.63, 3.8) is 0 Å². The lowest BCUT2D eigenvalue weighted by Crippen LogP contribution is -2.20. The van der Waals surface area contributed by atoms with Crippen molar-refractivity contribution in [3.05, 3.63) is 132 Å². The number of aromatic amines is 1. The number of carbonyl (C=O) groups excluding carboxylic acids is 2. The molecular weight excluding hydrogens is 426 g/mol. The maximum absolute atomic E-state index is 13.5. The van der Waals surface area contributed by atoms with E-state index in [-0.39, 0.29) is 5.78 Å². The largest absolute Gasteiger partial charge is 0.457 e. The van der Waals surface area contributed by atoms with Crippen LogP contribution in [-0.4, -0.2) is 16.7 Å². The lowest BCUT2D eigenvalue weighted by Gasteiger charge is -2.17. The lowest BCUT2D eigenvalue weighted by atomic mass is 9.99. The summed E-state index contributed by atoms with van der Waals surface area (Å²) in [6.45, 7) is 0. The van der Waals surface area contributed by atoms with Crippen molar-refractivity contribution in [1.82, 2.24) is 4.98 Å². The Morgan fingerprint density at radius 1 is 0.676 bits per heavy atom. The number of H-pyrrole nitrogens is 1. The van der Waals surface area contributed by atoms with Gasteiger partial charge in [0.1, 0.15) is 11.5 Å². The van der Waals surface area contributed by atoms with Crippen LogP contribution in [0.15, 0.2) is 115 Å². The molecule has 5 heteroatoms.